The first kappa shape index (κ1) is 25.2. The van der Waals surface area contributed by atoms with E-state index in [1.54, 1.807) is 43.7 Å². The maximum atomic E-state index is 13.8. The highest BCUT2D eigenvalue weighted by Gasteiger charge is 2.35. The van der Waals surface area contributed by atoms with Gasteiger partial charge in [0.2, 0.25) is 0 Å². The van der Waals surface area contributed by atoms with Crippen molar-refractivity contribution in [2.75, 3.05) is 5.32 Å². The molecule has 0 bridgehead atoms. The van der Waals surface area contributed by atoms with Crippen molar-refractivity contribution in [3.63, 3.8) is 0 Å². The number of carbonyl (C=O) groups is 1. The minimum atomic E-state index is -4.63. The van der Waals surface area contributed by atoms with Crippen LogP contribution in [0, 0.1) is 0 Å². The number of carbonyl (C=O) groups excluding carboxylic acids is 1. The predicted octanol–water partition coefficient (Wildman–Crippen LogP) is 5.90. The van der Waals surface area contributed by atoms with Gasteiger partial charge in [0, 0.05) is 36.1 Å². The van der Waals surface area contributed by atoms with E-state index in [0.717, 1.165) is 17.7 Å². The number of halogens is 3. The van der Waals surface area contributed by atoms with Crippen LogP contribution in [0.2, 0.25) is 0 Å². The lowest BCUT2D eigenvalue weighted by Gasteiger charge is -2.18. The van der Waals surface area contributed by atoms with Crippen molar-refractivity contribution in [3.05, 3.63) is 95.8 Å². The highest BCUT2D eigenvalue weighted by atomic mass is 19.4. The summed E-state index contributed by atoms with van der Waals surface area (Å²) in [4.78, 5) is 13.5. The van der Waals surface area contributed by atoms with Crippen molar-refractivity contribution in [2.45, 2.75) is 25.6 Å². The van der Waals surface area contributed by atoms with Gasteiger partial charge in [-0.05, 0) is 55.8 Å². The van der Waals surface area contributed by atoms with Gasteiger partial charge in [-0.25, -0.2) is 4.52 Å². The van der Waals surface area contributed by atoms with E-state index in [1.807, 2.05) is 30.3 Å². The van der Waals surface area contributed by atoms with Crippen molar-refractivity contribution >= 4 is 17.1 Å². The van der Waals surface area contributed by atoms with Gasteiger partial charge in [0.15, 0.2) is 0 Å². The zero-order valence-electron chi connectivity index (χ0n) is 20.8. The first-order chi connectivity index (χ1) is 17.9. The third kappa shape index (κ3) is 4.78. The number of benzene rings is 2. The number of aliphatic hydroxyl groups is 1. The van der Waals surface area contributed by atoms with Crippen LogP contribution in [-0.4, -0.2) is 30.4 Å². The molecule has 3 heterocycles. The van der Waals surface area contributed by atoms with E-state index >= 15 is 0 Å². The van der Waals surface area contributed by atoms with Gasteiger partial charge >= 0.3 is 6.18 Å². The van der Waals surface area contributed by atoms with E-state index in [4.69, 9.17) is 0 Å². The molecule has 2 aromatic carbocycles. The Morgan fingerprint density at radius 1 is 0.947 bits per heavy atom. The molecule has 1 amide bonds. The van der Waals surface area contributed by atoms with Gasteiger partial charge in [-0.2, -0.15) is 23.4 Å². The van der Waals surface area contributed by atoms with Crippen LogP contribution >= 0.6 is 0 Å². The monoisotopic (exact) mass is 519 g/mol. The fraction of sp³-hybridized carbons (Fsp3) is 0.179. The molecule has 0 atom stereocenters. The largest absolute Gasteiger partial charge is 0.417 e. The van der Waals surface area contributed by atoms with Crippen molar-refractivity contribution in [2.24, 2.45) is 7.05 Å². The van der Waals surface area contributed by atoms with E-state index < -0.39 is 23.2 Å². The quantitative estimate of drug-likeness (QED) is 0.303. The summed E-state index contributed by atoms with van der Waals surface area (Å²) in [5, 5.41) is 22.1. The van der Waals surface area contributed by atoms with Crippen LogP contribution < -0.4 is 5.32 Å². The number of fused-ring (bicyclic) bond motifs is 1. The third-order valence-electron chi connectivity index (χ3n) is 6.20. The van der Waals surface area contributed by atoms with E-state index in [2.05, 4.69) is 15.5 Å². The summed E-state index contributed by atoms with van der Waals surface area (Å²) in [7, 11) is 1.60. The average Bonchev–Trinajstić information content (AvgIpc) is 3.46. The van der Waals surface area contributed by atoms with Crippen LogP contribution in [0.4, 0.5) is 18.9 Å². The summed E-state index contributed by atoms with van der Waals surface area (Å²) in [5.74, 6) is -0.614. The van der Waals surface area contributed by atoms with Crippen LogP contribution in [0.1, 0.15) is 35.3 Å². The Kier molecular flexibility index (Phi) is 6.07. The molecule has 0 fully saturated rings. The SMILES string of the molecule is Cn1ccc(-c2cc(C(=O)Nc3c(-c4ccccc4)nn4ccc(C(C)(C)O)cc34)ccc2C(F)(F)F)n1. The Morgan fingerprint density at radius 2 is 1.68 bits per heavy atom. The maximum absolute atomic E-state index is 13.8. The van der Waals surface area contributed by atoms with Crippen LogP contribution in [0.15, 0.2) is 79.1 Å². The summed E-state index contributed by atoms with van der Waals surface area (Å²) >= 11 is 0. The summed E-state index contributed by atoms with van der Waals surface area (Å²) in [6.07, 6.45) is -1.41. The fourth-order valence-electron chi connectivity index (χ4n) is 4.24. The van der Waals surface area contributed by atoms with Crippen LogP contribution in [0.3, 0.4) is 0 Å². The van der Waals surface area contributed by atoms with Crippen LogP contribution in [0.25, 0.3) is 28.0 Å². The zero-order chi connectivity index (χ0) is 27.2. The molecule has 194 valence electrons. The van der Waals surface area contributed by atoms with Crippen LogP contribution in [-0.2, 0) is 18.8 Å². The van der Waals surface area contributed by atoms with Crippen LogP contribution in [0.5, 0.6) is 0 Å². The molecule has 7 nitrogen and oxygen atoms in total. The Bertz CT molecular complexity index is 1650. The number of amides is 1. The fourth-order valence-corrected chi connectivity index (χ4v) is 4.24. The molecule has 10 heteroatoms. The lowest BCUT2D eigenvalue weighted by Crippen LogP contribution is -2.16. The molecule has 0 spiro atoms. The van der Waals surface area contributed by atoms with Gasteiger partial charge < -0.3 is 10.4 Å². The standard InChI is InChI=1S/C28H24F3N5O2/c1-27(2,38)19-11-14-36-23(16-19)25(24(34-36)17-7-5-4-6-8-17)32-26(37)18-9-10-21(28(29,30)31)20(15-18)22-12-13-35(3)33-22/h4-16,38H,1-3H3,(H,32,37). The maximum Gasteiger partial charge on any atom is 0.417 e. The molecule has 0 aliphatic rings. The smallest absolute Gasteiger partial charge is 0.386 e. The van der Waals surface area contributed by atoms with E-state index in [0.29, 0.717) is 22.5 Å². The summed E-state index contributed by atoms with van der Waals surface area (Å²) in [6, 6.07) is 17.3. The molecule has 0 aliphatic carbocycles. The minimum absolute atomic E-state index is 0.0238. The number of nitrogens with zero attached hydrogens (tertiary/aromatic N) is 4. The topological polar surface area (TPSA) is 84.5 Å². The zero-order valence-corrected chi connectivity index (χ0v) is 20.8. The predicted molar refractivity (Wildman–Crippen MR) is 137 cm³/mol. The van der Waals surface area contributed by atoms with Gasteiger partial charge in [-0.1, -0.05) is 30.3 Å². The van der Waals surface area contributed by atoms with Crippen molar-refractivity contribution in [1.29, 1.82) is 0 Å². The summed E-state index contributed by atoms with van der Waals surface area (Å²) in [6.45, 7) is 3.29. The van der Waals surface area contributed by atoms with Gasteiger partial charge in [0.05, 0.1) is 28.1 Å². The van der Waals surface area contributed by atoms with Gasteiger partial charge in [-0.15, -0.1) is 0 Å². The number of alkyl halides is 3. The Balaban J connectivity index is 1.62. The second kappa shape index (κ2) is 9.14. The van der Waals surface area contributed by atoms with Gasteiger partial charge in [0.25, 0.3) is 5.91 Å². The lowest BCUT2D eigenvalue weighted by molar-refractivity contribution is -0.137. The number of hydrogen-bond donors (Lipinski definition) is 2. The minimum Gasteiger partial charge on any atom is -0.386 e. The molecule has 38 heavy (non-hydrogen) atoms. The number of nitrogens with one attached hydrogen (secondary N) is 1. The Morgan fingerprint density at radius 3 is 2.32 bits per heavy atom. The molecular formula is C28H24F3N5O2. The molecule has 0 aliphatic heterocycles. The molecule has 5 aromatic rings. The number of aromatic nitrogens is 4. The van der Waals surface area contributed by atoms with E-state index in [1.165, 1.54) is 23.0 Å². The molecule has 0 saturated heterocycles. The lowest BCUT2D eigenvalue weighted by atomic mass is 9.99. The summed E-state index contributed by atoms with van der Waals surface area (Å²) in [5.41, 5.74) is 0.599. The number of aryl methyl sites for hydroxylation is 1. The number of hydrogen-bond acceptors (Lipinski definition) is 4. The molecule has 3 aromatic heterocycles. The van der Waals surface area contributed by atoms with Crippen molar-refractivity contribution in [3.8, 4) is 22.5 Å². The van der Waals surface area contributed by atoms with E-state index in [-0.39, 0.29) is 16.8 Å². The molecule has 0 radical (unpaired) electrons. The van der Waals surface area contributed by atoms with Crippen molar-refractivity contribution < 1.29 is 23.1 Å². The highest BCUT2D eigenvalue weighted by molar-refractivity contribution is 6.09. The molecule has 5 rings (SSSR count). The Hall–Kier alpha value is -4.44. The number of anilines is 1. The normalized spacial score (nSPS) is 12.2. The molecule has 0 saturated carbocycles. The third-order valence-corrected chi connectivity index (χ3v) is 6.20. The van der Waals surface area contributed by atoms with Crippen molar-refractivity contribution in [1.82, 2.24) is 19.4 Å². The molecular weight excluding hydrogens is 495 g/mol. The second-order valence-electron chi connectivity index (χ2n) is 9.48. The van der Waals surface area contributed by atoms with Gasteiger partial charge in [0.1, 0.15) is 5.69 Å². The summed E-state index contributed by atoms with van der Waals surface area (Å²) < 4.78 is 44.3. The molecule has 0 unspecified atom stereocenters. The first-order valence-electron chi connectivity index (χ1n) is 11.7. The first-order valence-corrected chi connectivity index (χ1v) is 11.7. The van der Waals surface area contributed by atoms with E-state index in [9.17, 15) is 23.1 Å². The van der Waals surface area contributed by atoms with Gasteiger partial charge in [-0.3, -0.25) is 9.48 Å². The molecule has 2 N–H and O–H groups in total. The average molecular weight is 520 g/mol. The second-order valence-corrected chi connectivity index (χ2v) is 9.48. The Labute approximate surface area is 216 Å². The number of pyridine rings is 1. The highest BCUT2D eigenvalue weighted by Crippen LogP contribution is 2.38. The number of rotatable bonds is 5.